The van der Waals surface area contributed by atoms with Crippen LogP contribution < -0.4 is 0 Å². The van der Waals surface area contributed by atoms with E-state index in [1.54, 1.807) is 18.2 Å². The van der Waals surface area contributed by atoms with Crippen LogP contribution in [0.25, 0.3) is 10.9 Å². The normalized spacial score (nSPS) is 17.0. The van der Waals surface area contributed by atoms with Crippen LogP contribution in [-0.4, -0.2) is 41.0 Å². The van der Waals surface area contributed by atoms with Crippen molar-refractivity contribution in [3.63, 3.8) is 0 Å². The van der Waals surface area contributed by atoms with Crippen LogP contribution in [-0.2, 0) is 16.4 Å². The molecular weight excluding hydrogens is 360 g/mol. The molecule has 0 saturated carbocycles. The Morgan fingerprint density at radius 3 is 2.48 bits per heavy atom. The van der Waals surface area contributed by atoms with Crippen molar-refractivity contribution in [2.24, 2.45) is 5.92 Å². The van der Waals surface area contributed by atoms with Gasteiger partial charge in [-0.05, 0) is 57.6 Å². The van der Waals surface area contributed by atoms with Crippen molar-refractivity contribution in [3.05, 3.63) is 46.9 Å². The first-order valence-corrected chi connectivity index (χ1v) is 10.9. The van der Waals surface area contributed by atoms with Gasteiger partial charge in [0, 0.05) is 29.7 Å². The van der Waals surface area contributed by atoms with Crippen LogP contribution in [0, 0.1) is 26.7 Å². The van der Waals surface area contributed by atoms with Crippen LogP contribution >= 0.6 is 0 Å². The van der Waals surface area contributed by atoms with Crippen molar-refractivity contribution >= 4 is 20.9 Å². The Morgan fingerprint density at radius 1 is 1.11 bits per heavy atom. The van der Waals surface area contributed by atoms with E-state index in [9.17, 15) is 8.42 Å². The lowest BCUT2D eigenvalue weighted by Gasteiger charge is -2.31. The second-order valence-electron chi connectivity index (χ2n) is 7.59. The Kier molecular flexibility index (Phi) is 4.60. The van der Waals surface area contributed by atoms with E-state index in [1.807, 2.05) is 6.07 Å². The largest absolute Gasteiger partial charge is 0.358 e. The van der Waals surface area contributed by atoms with Gasteiger partial charge in [-0.3, -0.25) is 5.10 Å². The molecule has 27 heavy (non-hydrogen) atoms. The summed E-state index contributed by atoms with van der Waals surface area (Å²) in [4.78, 5) is 3.81. The zero-order chi connectivity index (χ0) is 19.2. The van der Waals surface area contributed by atoms with Crippen LogP contribution in [0.3, 0.4) is 0 Å². The summed E-state index contributed by atoms with van der Waals surface area (Å²) in [5.41, 5.74) is 4.92. The predicted molar refractivity (Wildman–Crippen MR) is 106 cm³/mol. The Balaban J connectivity index is 1.48. The molecule has 1 aliphatic rings. The van der Waals surface area contributed by atoms with Gasteiger partial charge in [0.05, 0.1) is 11.4 Å². The van der Waals surface area contributed by atoms with Gasteiger partial charge in [-0.25, -0.2) is 8.42 Å². The second kappa shape index (κ2) is 6.80. The van der Waals surface area contributed by atoms with E-state index in [0.717, 1.165) is 19.3 Å². The molecule has 3 heterocycles. The van der Waals surface area contributed by atoms with Crippen LogP contribution in [0.4, 0.5) is 0 Å². The molecule has 1 saturated heterocycles. The Bertz CT molecular complexity index is 1050. The number of rotatable bonds is 4. The molecule has 2 aromatic heterocycles. The smallest absolute Gasteiger partial charge is 0.246 e. The van der Waals surface area contributed by atoms with E-state index in [-0.39, 0.29) is 0 Å². The lowest BCUT2D eigenvalue weighted by molar-refractivity contribution is 0.273. The topological polar surface area (TPSA) is 81.8 Å². The van der Waals surface area contributed by atoms with Crippen LogP contribution in [0.5, 0.6) is 0 Å². The van der Waals surface area contributed by atoms with Gasteiger partial charge < -0.3 is 4.98 Å². The minimum Gasteiger partial charge on any atom is -0.358 e. The van der Waals surface area contributed by atoms with Gasteiger partial charge >= 0.3 is 0 Å². The molecule has 1 aromatic carbocycles. The zero-order valence-corrected chi connectivity index (χ0v) is 16.9. The van der Waals surface area contributed by atoms with Gasteiger partial charge in [-0.2, -0.15) is 9.40 Å². The maximum atomic E-state index is 13.0. The number of sulfonamides is 1. The standard InChI is InChI=1S/C20H26N4O2S/c1-13-18(17-6-4-5-7-19(17)21-13)12-16-8-10-24(11-9-16)27(25,26)20-14(2)22-23-15(20)3/h4-7,16,21H,8-12H2,1-3H3,(H,22,23). The van der Waals surface area contributed by atoms with E-state index in [0.29, 0.717) is 35.3 Å². The molecule has 0 aliphatic carbocycles. The minimum atomic E-state index is -3.47. The highest BCUT2D eigenvalue weighted by Crippen LogP contribution is 2.31. The first kappa shape index (κ1) is 18.3. The van der Waals surface area contributed by atoms with Crippen LogP contribution in [0.2, 0.25) is 0 Å². The van der Waals surface area contributed by atoms with Gasteiger partial charge in [0.1, 0.15) is 4.90 Å². The first-order chi connectivity index (χ1) is 12.9. The molecule has 0 bridgehead atoms. The van der Waals surface area contributed by atoms with Crippen LogP contribution in [0.15, 0.2) is 29.2 Å². The number of H-pyrrole nitrogens is 2. The SMILES string of the molecule is Cc1n[nH]c(C)c1S(=O)(=O)N1CCC(Cc2c(C)[nH]c3ccccc23)CC1. The molecule has 1 fully saturated rings. The maximum Gasteiger partial charge on any atom is 0.246 e. The van der Waals surface area contributed by atoms with Crippen molar-refractivity contribution in [1.29, 1.82) is 0 Å². The average molecular weight is 387 g/mol. The molecule has 0 radical (unpaired) electrons. The number of nitrogens with zero attached hydrogens (tertiary/aromatic N) is 2. The third-order valence-corrected chi connectivity index (χ3v) is 7.91. The zero-order valence-electron chi connectivity index (χ0n) is 16.0. The van der Waals surface area contributed by atoms with E-state index < -0.39 is 10.0 Å². The molecule has 144 valence electrons. The van der Waals surface area contributed by atoms with Crippen molar-refractivity contribution in [3.8, 4) is 0 Å². The van der Waals surface area contributed by atoms with Crippen molar-refractivity contribution in [2.75, 3.05) is 13.1 Å². The van der Waals surface area contributed by atoms with Crippen molar-refractivity contribution < 1.29 is 8.42 Å². The Labute approximate surface area is 160 Å². The van der Waals surface area contributed by atoms with Gasteiger partial charge in [-0.1, -0.05) is 18.2 Å². The fourth-order valence-electron chi connectivity index (χ4n) is 4.29. The number of fused-ring (bicyclic) bond motifs is 1. The number of aromatic amines is 2. The summed E-state index contributed by atoms with van der Waals surface area (Å²) in [6.07, 6.45) is 2.76. The summed E-state index contributed by atoms with van der Waals surface area (Å²) in [7, 11) is -3.47. The quantitative estimate of drug-likeness (QED) is 0.720. The lowest BCUT2D eigenvalue weighted by Crippen LogP contribution is -2.39. The monoisotopic (exact) mass is 386 g/mol. The summed E-state index contributed by atoms with van der Waals surface area (Å²) in [6, 6.07) is 8.39. The fraction of sp³-hybridized carbons (Fsp3) is 0.450. The van der Waals surface area contributed by atoms with Crippen molar-refractivity contribution in [1.82, 2.24) is 19.5 Å². The summed E-state index contributed by atoms with van der Waals surface area (Å²) >= 11 is 0. The highest BCUT2D eigenvalue weighted by Gasteiger charge is 2.33. The molecule has 7 heteroatoms. The van der Waals surface area contributed by atoms with E-state index >= 15 is 0 Å². The van der Waals surface area contributed by atoms with E-state index in [4.69, 9.17) is 0 Å². The Hall–Kier alpha value is -2.12. The molecule has 2 N–H and O–H groups in total. The second-order valence-corrected chi connectivity index (χ2v) is 9.46. The number of nitrogens with one attached hydrogen (secondary N) is 2. The number of aryl methyl sites for hydroxylation is 3. The molecule has 0 unspecified atom stereocenters. The molecule has 1 aliphatic heterocycles. The molecule has 0 spiro atoms. The van der Waals surface area contributed by atoms with Gasteiger partial charge in [0.15, 0.2) is 0 Å². The molecule has 0 amide bonds. The van der Waals surface area contributed by atoms with Crippen LogP contribution in [0.1, 0.15) is 35.5 Å². The number of para-hydroxylation sites is 1. The molecule has 6 nitrogen and oxygen atoms in total. The van der Waals surface area contributed by atoms with E-state index in [2.05, 4.69) is 40.3 Å². The molecule has 4 rings (SSSR count). The number of hydrogen-bond donors (Lipinski definition) is 2. The van der Waals surface area contributed by atoms with Gasteiger partial charge in [0.25, 0.3) is 0 Å². The molecule has 0 atom stereocenters. The summed E-state index contributed by atoms with van der Waals surface area (Å²) < 4.78 is 27.6. The first-order valence-electron chi connectivity index (χ1n) is 9.46. The minimum absolute atomic E-state index is 0.341. The third-order valence-electron chi connectivity index (χ3n) is 5.75. The third kappa shape index (κ3) is 3.19. The van der Waals surface area contributed by atoms with Gasteiger partial charge in [0.2, 0.25) is 10.0 Å². The highest BCUT2D eigenvalue weighted by molar-refractivity contribution is 7.89. The number of aromatic nitrogens is 3. The highest BCUT2D eigenvalue weighted by atomic mass is 32.2. The Morgan fingerprint density at radius 2 is 1.81 bits per heavy atom. The van der Waals surface area contributed by atoms with Crippen molar-refractivity contribution in [2.45, 2.75) is 44.9 Å². The predicted octanol–water partition coefficient (Wildman–Crippen LogP) is 3.46. The fourth-order valence-corrected chi connectivity index (χ4v) is 6.09. The summed E-state index contributed by atoms with van der Waals surface area (Å²) in [5.74, 6) is 0.501. The summed E-state index contributed by atoms with van der Waals surface area (Å²) in [6.45, 7) is 6.76. The van der Waals surface area contributed by atoms with E-state index in [1.165, 1.54) is 22.2 Å². The van der Waals surface area contributed by atoms with Gasteiger partial charge in [-0.15, -0.1) is 0 Å². The number of piperidine rings is 1. The lowest BCUT2D eigenvalue weighted by atomic mass is 9.90. The molecular formula is C20H26N4O2S. The maximum absolute atomic E-state index is 13.0. The number of hydrogen-bond acceptors (Lipinski definition) is 3. The summed E-state index contributed by atoms with van der Waals surface area (Å²) in [5, 5.41) is 8.12. The molecule has 3 aromatic rings. The number of benzene rings is 1. The average Bonchev–Trinajstić information content (AvgIpc) is 3.15.